The highest BCUT2D eigenvalue weighted by atomic mass is 16.2. The van der Waals surface area contributed by atoms with Crippen molar-refractivity contribution in [2.24, 2.45) is 5.41 Å². The first-order valence-electron chi connectivity index (χ1n) is 5.19. The van der Waals surface area contributed by atoms with Crippen LogP contribution in [0, 0.1) is 5.41 Å². The van der Waals surface area contributed by atoms with E-state index < -0.39 is 0 Å². The Balaban J connectivity index is 2.04. The van der Waals surface area contributed by atoms with Gasteiger partial charge in [0.15, 0.2) is 0 Å². The standard InChI is InChI=1S/C10H16N2O2/c1-11-5-6-12-8(13)7-10(9(12)14)3-2-4-10/h11H,2-7H2,1H3. The minimum atomic E-state index is -0.273. The summed E-state index contributed by atoms with van der Waals surface area (Å²) in [6.07, 6.45) is 3.37. The monoisotopic (exact) mass is 196 g/mol. The molecule has 1 heterocycles. The highest BCUT2D eigenvalue weighted by Gasteiger charge is 2.54. The molecule has 1 aliphatic carbocycles. The molecular formula is C10H16N2O2. The molecule has 4 heteroatoms. The number of carbonyl (C=O) groups excluding carboxylic acids is 2. The number of nitrogens with one attached hydrogen (secondary N) is 1. The minimum Gasteiger partial charge on any atom is -0.318 e. The average Bonchev–Trinajstić information content (AvgIpc) is 2.35. The first kappa shape index (κ1) is 9.65. The summed E-state index contributed by atoms with van der Waals surface area (Å²) in [6.45, 7) is 1.21. The lowest BCUT2D eigenvalue weighted by Gasteiger charge is -2.35. The van der Waals surface area contributed by atoms with E-state index in [9.17, 15) is 9.59 Å². The number of nitrogens with zero attached hydrogens (tertiary/aromatic N) is 1. The molecule has 1 saturated carbocycles. The molecule has 0 atom stereocenters. The maximum absolute atomic E-state index is 11.9. The zero-order valence-corrected chi connectivity index (χ0v) is 8.51. The lowest BCUT2D eigenvalue weighted by atomic mass is 9.68. The molecule has 1 aliphatic heterocycles. The molecule has 2 amide bonds. The van der Waals surface area contributed by atoms with Crippen LogP contribution in [0.2, 0.25) is 0 Å². The van der Waals surface area contributed by atoms with E-state index in [4.69, 9.17) is 0 Å². The molecule has 1 saturated heterocycles. The Hall–Kier alpha value is -0.900. The highest BCUT2D eigenvalue weighted by molar-refractivity contribution is 6.06. The number of hydrogen-bond acceptors (Lipinski definition) is 3. The van der Waals surface area contributed by atoms with Gasteiger partial charge in [-0.05, 0) is 19.9 Å². The molecule has 2 rings (SSSR count). The van der Waals surface area contributed by atoms with E-state index in [1.165, 1.54) is 4.90 Å². The van der Waals surface area contributed by atoms with Crippen LogP contribution >= 0.6 is 0 Å². The van der Waals surface area contributed by atoms with Gasteiger partial charge in [0.2, 0.25) is 11.8 Å². The summed E-state index contributed by atoms with van der Waals surface area (Å²) in [5, 5.41) is 2.95. The molecular weight excluding hydrogens is 180 g/mol. The van der Waals surface area contributed by atoms with Crippen molar-refractivity contribution in [3.05, 3.63) is 0 Å². The van der Waals surface area contributed by atoms with Crippen LogP contribution in [0.5, 0.6) is 0 Å². The van der Waals surface area contributed by atoms with Gasteiger partial charge in [-0.15, -0.1) is 0 Å². The summed E-state index contributed by atoms with van der Waals surface area (Å²) in [6, 6.07) is 0. The molecule has 0 aromatic carbocycles. The molecule has 4 nitrogen and oxygen atoms in total. The molecule has 0 aromatic rings. The van der Waals surface area contributed by atoms with E-state index in [1.807, 2.05) is 7.05 Å². The molecule has 2 aliphatic rings. The molecule has 14 heavy (non-hydrogen) atoms. The Bertz CT molecular complexity index is 271. The van der Waals surface area contributed by atoms with E-state index in [0.717, 1.165) is 19.3 Å². The number of rotatable bonds is 3. The fourth-order valence-corrected chi connectivity index (χ4v) is 2.30. The molecule has 0 aromatic heterocycles. The molecule has 0 unspecified atom stereocenters. The van der Waals surface area contributed by atoms with E-state index in [2.05, 4.69) is 5.32 Å². The Labute approximate surface area is 83.6 Å². The smallest absolute Gasteiger partial charge is 0.235 e. The third-order valence-electron chi connectivity index (χ3n) is 3.39. The molecule has 0 radical (unpaired) electrons. The largest absolute Gasteiger partial charge is 0.318 e. The van der Waals surface area contributed by atoms with Crippen molar-refractivity contribution in [2.45, 2.75) is 25.7 Å². The van der Waals surface area contributed by atoms with Crippen LogP contribution in [-0.2, 0) is 9.59 Å². The van der Waals surface area contributed by atoms with Gasteiger partial charge in [-0.25, -0.2) is 0 Å². The summed E-state index contributed by atoms with van der Waals surface area (Å²) < 4.78 is 0. The minimum absolute atomic E-state index is 0.0185. The van der Waals surface area contributed by atoms with Crippen molar-refractivity contribution in [3.8, 4) is 0 Å². The summed E-state index contributed by atoms with van der Waals surface area (Å²) in [4.78, 5) is 24.9. The number of likely N-dealkylation sites (N-methyl/N-ethyl adjacent to an activating group) is 1. The SMILES string of the molecule is CNCCN1C(=O)CC2(CCC2)C1=O. The van der Waals surface area contributed by atoms with Crippen molar-refractivity contribution in [1.82, 2.24) is 10.2 Å². The Kier molecular flexibility index (Phi) is 2.31. The Morgan fingerprint density at radius 1 is 1.43 bits per heavy atom. The number of amides is 2. The van der Waals surface area contributed by atoms with E-state index >= 15 is 0 Å². The summed E-state index contributed by atoms with van der Waals surface area (Å²) in [7, 11) is 1.82. The predicted molar refractivity (Wildman–Crippen MR) is 51.5 cm³/mol. The van der Waals surface area contributed by atoms with Gasteiger partial charge < -0.3 is 5.32 Å². The summed E-state index contributed by atoms with van der Waals surface area (Å²) in [5.74, 6) is 0.0916. The van der Waals surface area contributed by atoms with Crippen molar-refractivity contribution in [2.75, 3.05) is 20.1 Å². The number of carbonyl (C=O) groups is 2. The maximum Gasteiger partial charge on any atom is 0.235 e. The van der Waals surface area contributed by atoms with Crippen molar-refractivity contribution in [1.29, 1.82) is 0 Å². The maximum atomic E-state index is 11.9. The van der Waals surface area contributed by atoms with Crippen LogP contribution in [0.15, 0.2) is 0 Å². The van der Waals surface area contributed by atoms with Crippen molar-refractivity contribution >= 4 is 11.8 Å². The lowest BCUT2D eigenvalue weighted by Crippen LogP contribution is -2.41. The normalized spacial score (nSPS) is 24.5. The van der Waals surface area contributed by atoms with Gasteiger partial charge in [0.25, 0.3) is 0 Å². The fraction of sp³-hybridized carbons (Fsp3) is 0.800. The van der Waals surface area contributed by atoms with Crippen LogP contribution in [0.3, 0.4) is 0 Å². The third-order valence-corrected chi connectivity index (χ3v) is 3.39. The predicted octanol–water partition coefficient (Wildman–Crippen LogP) is 0.135. The summed E-state index contributed by atoms with van der Waals surface area (Å²) >= 11 is 0. The molecule has 2 fully saturated rings. The second kappa shape index (κ2) is 3.35. The van der Waals surface area contributed by atoms with E-state index in [-0.39, 0.29) is 17.2 Å². The van der Waals surface area contributed by atoms with Crippen LogP contribution < -0.4 is 5.32 Å². The van der Waals surface area contributed by atoms with Crippen molar-refractivity contribution in [3.63, 3.8) is 0 Å². The van der Waals surface area contributed by atoms with Crippen LogP contribution in [0.25, 0.3) is 0 Å². The zero-order valence-electron chi connectivity index (χ0n) is 8.51. The third kappa shape index (κ3) is 1.25. The Morgan fingerprint density at radius 3 is 2.57 bits per heavy atom. The van der Waals surface area contributed by atoms with Crippen LogP contribution in [0.1, 0.15) is 25.7 Å². The van der Waals surface area contributed by atoms with Crippen LogP contribution in [-0.4, -0.2) is 36.9 Å². The molecule has 1 N–H and O–H groups in total. The second-order valence-corrected chi connectivity index (χ2v) is 4.26. The number of imide groups is 1. The van der Waals surface area contributed by atoms with Gasteiger partial charge in [-0.3, -0.25) is 14.5 Å². The average molecular weight is 196 g/mol. The number of hydrogen-bond donors (Lipinski definition) is 1. The summed E-state index contributed by atoms with van der Waals surface area (Å²) in [5.41, 5.74) is -0.273. The topological polar surface area (TPSA) is 49.4 Å². The van der Waals surface area contributed by atoms with E-state index in [1.54, 1.807) is 0 Å². The first-order chi connectivity index (χ1) is 6.69. The van der Waals surface area contributed by atoms with Crippen molar-refractivity contribution < 1.29 is 9.59 Å². The second-order valence-electron chi connectivity index (χ2n) is 4.26. The highest BCUT2D eigenvalue weighted by Crippen LogP contribution is 2.49. The van der Waals surface area contributed by atoms with Gasteiger partial charge in [0, 0.05) is 19.5 Å². The fourth-order valence-electron chi connectivity index (χ4n) is 2.30. The molecule has 1 spiro atoms. The Morgan fingerprint density at radius 2 is 2.14 bits per heavy atom. The quantitative estimate of drug-likeness (QED) is 0.653. The zero-order chi connectivity index (χ0) is 10.2. The molecule has 78 valence electrons. The number of likely N-dealkylation sites (tertiary alicyclic amines) is 1. The van der Waals surface area contributed by atoms with E-state index in [0.29, 0.717) is 19.5 Å². The van der Waals surface area contributed by atoms with Gasteiger partial charge in [-0.2, -0.15) is 0 Å². The first-order valence-corrected chi connectivity index (χ1v) is 5.19. The molecule has 0 bridgehead atoms. The van der Waals surface area contributed by atoms with Crippen LogP contribution in [0.4, 0.5) is 0 Å². The van der Waals surface area contributed by atoms with Gasteiger partial charge in [0.05, 0.1) is 5.41 Å². The van der Waals surface area contributed by atoms with Gasteiger partial charge in [0.1, 0.15) is 0 Å². The van der Waals surface area contributed by atoms with Gasteiger partial charge in [-0.1, -0.05) is 6.42 Å². The lowest BCUT2D eigenvalue weighted by molar-refractivity contribution is -0.143. The van der Waals surface area contributed by atoms with Gasteiger partial charge >= 0.3 is 0 Å².